The van der Waals surface area contributed by atoms with Crippen LogP contribution in [0.5, 0.6) is 0 Å². The number of aldehydes is 1. The smallest absolute Gasteiger partial charge is 0.185 e. The highest BCUT2D eigenvalue weighted by Crippen LogP contribution is 2.28. The van der Waals surface area contributed by atoms with Crippen LogP contribution in [0.4, 0.5) is 0 Å². The fourth-order valence-corrected chi connectivity index (χ4v) is 1.99. The van der Waals surface area contributed by atoms with Crippen LogP contribution in [-0.4, -0.2) is 6.29 Å². The fraction of sp³-hybridized carbons (Fsp3) is 0.0625. The maximum absolute atomic E-state index is 10.6. The molecule has 19 heavy (non-hydrogen) atoms. The van der Waals surface area contributed by atoms with E-state index in [0.29, 0.717) is 17.8 Å². The number of furan rings is 2. The van der Waals surface area contributed by atoms with Crippen LogP contribution in [0, 0.1) is 6.92 Å². The zero-order valence-corrected chi connectivity index (χ0v) is 10.4. The number of rotatable bonds is 3. The van der Waals surface area contributed by atoms with Crippen LogP contribution in [0.2, 0.25) is 0 Å². The third-order valence-corrected chi connectivity index (χ3v) is 2.91. The van der Waals surface area contributed by atoms with E-state index in [-0.39, 0.29) is 0 Å². The maximum atomic E-state index is 10.6. The minimum absolute atomic E-state index is 0.328. The van der Waals surface area contributed by atoms with Crippen molar-refractivity contribution in [1.82, 2.24) is 0 Å². The number of carbonyl (C=O) groups excluding carboxylic acids is 1. The summed E-state index contributed by atoms with van der Waals surface area (Å²) in [6.07, 6.45) is 0.698. The molecular formula is C16H12O3. The van der Waals surface area contributed by atoms with Gasteiger partial charge in [-0.25, -0.2) is 0 Å². The van der Waals surface area contributed by atoms with Gasteiger partial charge in [0.1, 0.15) is 17.3 Å². The minimum Gasteiger partial charge on any atom is -0.461 e. The summed E-state index contributed by atoms with van der Waals surface area (Å²) in [6.45, 7) is 1.91. The van der Waals surface area contributed by atoms with Crippen LogP contribution in [0.1, 0.15) is 16.3 Å². The molecule has 0 aliphatic carbocycles. The third-order valence-electron chi connectivity index (χ3n) is 2.91. The van der Waals surface area contributed by atoms with Crippen molar-refractivity contribution in [3.63, 3.8) is 0 Å². The summed E-state index contributed by atoms with van der Waals surface area (Å²) in [5.41, 5.74) is 1.90. The van der Waals surface area contributed by atoms with Crippen LogP contribution in [0.15, 0.2) is 57.4 Å². The molecule has 0 aliphatic rings. The molecular weight excluding hydrogens is 240 g/mol. The molecule has 94 valence electrons. The van der Waals surface area contributed by atoms with E-state index >= 15 is 0 Å². The lowest BCUT2D eigenvalue weighted by Gasteiger charge is -2.00. The highest BCUT2D eigenvalue weighted by molar-refractivity contribution is 5.74. The molecule has 3 heteroatoms. The zero-order chi connectivity index (χ0) is 13.2. The lowest BCUT2D eigenvalue weighted by atomic mass is 10.1. The van der Waals surface area contributed by atoms with Gasteiger partial charge in [-0.2, -0.15) is 0 Å². The minimum atomic E-state index is 0.328. The van der Waals surface area contributed by atoms with Gasteiger partial charge < -0.3 is 8.83 Å². The largest absolute Gasteiger partial charge is 0.461 e. The summed E-state index contributed by atoms with van der Waals surface area (Å²) in [5.74, 6) is 2.70. The van der Waals surface area contributed by atoms with Gasteiger partial charge in [0.05, 0.1) is 0 Å². The van der Waals surface area contributed by atoms with Crippen molar-refractivity contribution < 1.29 is 13.6 Å². The van der Waals surface area contributed by atoms with Crippen molar-refractivity contribution in [3.05, 3.63) is 60.1 Å². The number of hydrogen-bond acceptors (Lipinski definition) is 3. The van der Waals surface area contributed by atoms with Gasteiger partial charge in [-0.1, -0.05) is 18.2 Å². The quantitative estimate of drug-likeness (QED) is 0.652. The Morgan fingerprint density at radius 1 is 0.895 bits per heavy atom. The Morgan fingerprint density at radius 2 is 1.58 bits per heavy atom. The first-order valence-electron chi connectivity index (χ1n) is 5.98. The maximum Gasteiger partial charge on any atom is 0.185 e. The van der Waals surface area contributed by atoms with Crippen LogP contribution < -0.4 is 0 Å². The molecule has 0 unspecified atom stereocenters. The molecule has 3 rings (SSSR count). The predicted octanol–water partition coefficient (Wildman–Crippen LogP) is 4.33. The number of carbonyl (C=O) groups is 1. The van der Waals surface area contributed by atoms with Gasteiger partial charge >= 0.3 is 0 Å². The van der Waals surface area contributed by atoms with E-state index in [2.05, 4.69) is 0 Å². The lowest BCUT2D eigenvalue weighted by molar-refractivity contribution is 0.110. The van der Waals surface area contributed by atoms with E-state index in [1.807, 2.05) is 43.3 Å². The van der Waals surface area contributed by atoms with Crippen LogP contribution in [0.25, 0.3) is 22.6 Å². The molecule has 0 bridgehead atoms. The predicted molar refractivity (Wildman–Crippen MR) is 72.0 cm³/mol. The van der Waals surface area contributed by atoms with Crippen LogP contribution >= 0.6 is 0 Å². The molecule has 0 fully saturated rings. The Bertz CT molecular complexity index is 719. The molecule has 3 nitrogen and oxygen atoms in total. The number of aryl methyl sites for hydroxylation is 1. The molecule has 0 amide bonds. The van der Waals surface area contributed by atoms with Gasteiger partial charge in [0.2, 0.25) is 0 Å². The topological polar surface area (TPSA) is 43.4 Å². The van der Waals surface area contributed by atoms with E-state index < -0.39 is 0 Å². The van der Waals surface area contributed by atoms with Crippen molar-refractivity contribution in [3.8, 4) is 22.6 Å². The molecule has 0 saturated heterocycles. The van der Waals surface area contributed by atoms with Crippen molar-refractivity contribution in [2.24, 2.45) is 0 Å². The summed E-state index contributed by atoms with van der Waals surface area (Å²) in [7, 11) is 0. The Morgan fingerprint density at radius 3 is 2.16 bits per heavy atom. The van der Waals surface area contributed by atoms with Gasteiger partial charge in [0.15, 0.2) is 12.0 Å². The molecule has 1 aromatic carbocycles. The van der Waals surface area contributed by atoms with Gasteiger partial charge in [0, 0.05) is 11.1 Å². The number of benzene rings is 1. The molecule has 0 radical (unpaired) electrons. The van der Waals surface area contributed by atoms with Crippen LogP contribution in [-0.2, 0) is 0 Å². The molecule has 3 aromatic rings. The van der Waals surface area contributed by atoms with Crippen molar-refractivity contribution in [2.75, 3.05) is 0 Å². The second kappa shape index (κ2) is 4.61. The Labute approximate surface area is 110 Å². The summed E-state index contributed by atoms with van der Waals surface area (Å²) >= 11 is 0. The first-order valence-corrected chi connectivity index (χ1v) is 5.98. The SMILES string of the molecule is Cc1ccc(-c2cccc(-c3ccc(C=O)o3)c2)o1. The second-order valence-electron chi connectivity index (χ2n) is 4.31. The van der Waals surface area contributed by atoms with Crippen LogP contribution in [0.3, 0.4) is 0 Å². The van der Waals surface area contributed by atoms with Gasteiger partial charge in [-0.15, -0.1) is 0 Å². The Balaban J connectivity index is 2.02. The van der Waals surface area contributed by atoms with Crippen molar-refractivity contribution in [1.29, 1.82) is 0 Å². The molecule has 2 aromatic heterocycles. The van der Waals surface area contributed by atoms with E-state index in [0.717, 1.165) is 22.6 Å². The average Bonchev–Trinajstić information content (AvgIpc) is 3.07. The van der Waals surface area contributed by atoms with Gasteiger partial charge in [0.25, 0.3) is 0 Å². The van der Waals surface area contributed by atoms with E-state index in [1.54, 1.807) is 12.1 Å². The standard InChI is InChI=1S/C16H12O3/c1-11-5-7-15(18-11)12-3-2-4-13(9-12)16-8-6-14(10-17)19-16/h2-10H,1H3. The molecule has 0 aliphatic heterocycles. The second-order valence-corrected chi connectivity index (χ2v) is 4.31. The van der Waals surface area contributed by atoms with E-state index in [1.165, 1.54) is 0 Å². The first kappa shape index (κ1) is 11.5. The fourth-order valence-electron chi connectivity index (χ4n) is 1.99. The molecule has 2 heterocycles. The van der Waals surface area contributed by atoms with Crippen molar-refractivity contribution in [2.45, 2.75) is 6.92 Å². The van der Waals surface area contributed by atoms with Gasteiger partial charge in [-0.05, 0) is 37.3 Å². The highest BCUT2D eigenvalue weighted by atomic mass is 16.3. The average molecular weight is 252 g/mol. The monoisotopic (exact) mass is 252 g/mol. The summed E-state index contributed by atoms with van der Waals surface area (Å²) in [5, 5.41) is 0. The van der Waals surface area contributed by atoms with E-state index in [4.69, 9.17) is 8.83 Å². The first-order chi connectivity index (χ1) is 9.26. The zero-order valence-electron chi connectivity index (χ0n) is 10.4. The highest BCUT2D eigenvalue weighted by Gasteiger charge is 2.07. The summed E-state index contributed by atoms with van der Waals surface area (Å²) in [6, 6.07) is 15.1. The van der Waals surface area contributed by atoms with Crippen molar-refractivity contribution >= 4 is 6.29 Å². The van der Waals surface area contributed by atoms with E-state index in [9.17, 15) is 4.79 Å². The molecule has 0 N–H and O–H groups in total. The normalized spacial score (nSPS) is 10.6. The number of hydrogen-bond donors (Lipinski definition) is 0. The molecule has 0 saturated carbocycles. The molecule has 0 atom stereocenters. The Hall–Kier alpha value is -2.55. The van der Waals surface area contributed by atoms with Gasteiger partial charge in [-0.3, -0.25) is 4.79 Å². The lowest BCUT2D eigenvalue weighted by Crippen LogP contribution is -1.77. The summed E-state index contributed by atoms with van der Waals surface area (Å²) in [4.78, 5) is 10.6. The molecule has 0 spiro atoms. The third kappa shape index (κ3) is 2.22. The Kier molecular flexibility index (Phi) is 2.80. The summed E-state index contributed by atoms with van der Waals surface area (Å²) < 4.78 is 11.0.